The van der Waals surface area contributed by atoms with Gasteiger partial charge in [0.05, 0.1) is 0 Å². The van der Waals surface area contributed by atoms with Crippen LogP contribution in [-0.4, -0.2) is 29.8 Å². The lowest BCUT2D eigenvalue weighted by atomic mass is 10.2. The van der Waals surface area contributed by atoms with Crippen molar-refractivity contribution in [3.8, 4) is 11.4 Å². The van der Waals surface area contributed by atoms with Crippen LogP contribution in [0.15, 0.2) is 40.8 Å². The van der Waals surface area contributed by atoms with E-state index in [0.29, 0.717) is 16.8 Å². The minimum atomic E-state index is 0.596. The van der Waals surface area contributed by atoms with E-state index in [-0.39, 0.29) is 0 Å². The molecule has 0 aliphatic heterocycles. The predicted molar refractivity (Wildman–Crippen MR) is 83.7 cm³/mol. The predicted octanol–water partition coefficient (Wildman–Crippen LogP) is 1.87. The second-order valence-corrected chi connectivity index (χ2v) is 5.60. The Hall–Kier alpha value is -2.48. The number of nitrogens with two attached hydrogens (primary N) is 1. The number of hydrogen-bond acceptors (Lipinski definition) is 7. The second-order valence-electron chi connectivity index (χ2n) is 4.61. The summed E-state index contributed by atoms with van der Waals surface area (Å²) in [6.07, 6.45) is 4.27. The van der Waals surface area contributed by atoms with Gasteiger partial charge in [0.2, 0.25) is 5.16 Å². The molecule has 0 unspecified atom stereocenters. The average Bonchev–Trinajstić information content (AvgIpc) is 2.87. The Kier molecular flexibility index (Phi) is 4.01. The minimum absolute atomic E-state index is 0.596. The molecule has 0 saturated heterocycles. The molecule has 0 aromatic carbocycles. The van der Waals surface area contributed by atoms with E-state index >= 15 is 0 Å². The highest BCUT2D eigenvalue weighted by atomic mass is 32.2. The lowest BCUT2D eigenvalue weighted by Gasteiger charge is -2.06. The van der Waals surface area contributed by atoms with Gasteiger partial charge in [-0.2, -0.15) is 0 Å². The number of nitrogen functional groups attached to an aromatic ring is 1. The van der Waals surface area contributed by atoms with Gasteiger partial charge in [-0.25, -0.2) is 14.6 Å². The van der Waals surface area contributed by atoms with E-state index in [1.807, 2.05) is 18.2 Å². The first-order valence-corrected chi connectivity index (χ1v) is 7.62. The zero-order valence-corrected chi connectivity index (χ0v) is 13.1. The molecule has 0 radical (unpaired) electrons. The van der Waals surface area contributed by atoms with E-state index in [1.165, 1.54) is 16.4 Å². The summed E-state index contributed by atoms with van der Waals surface area (Å²) < 4.78 is 1.45. The average molecular weight is 313 g/mol. The molecule has 7 nitrogen and oxygen atoms in total. The van der Waals surface area contributed by atoms with Gasteiger partial charge in [-0.05, 0) is 43.3 Å². The van der Waals surface area contributed by atoms with Crippen molar-refractivity contribution in [1.29, 1.82) is 0 Å². The Morgan fingerprint density at radius 3 is 2.59 bits per heavy atom. The zero-order valence-electron chi connectivity index (χ0n) is 12.3. The van der Waals surface area contributed by atoms with Crippen LogP contribution in [0, 0.1) is 6.92 Å². The molecule has 112 valence electrons. The van der Waals surface area contributed by atoms with Gasteiger partial charge < -0.3 is 5.84 Å². The molecule has 2 N–H and O–H groups in total. The van der Waals surface area contributed by atoms with Gasteiger partial charge in [0.15, 0.2) is 5.82 Å². The van der Waals surface area contributed by atoms with Crippen LogP contribution >= 0.6 is 11.8 Å². The molecule has 0 fully saturated rings. The normalized spacial score (nSPS) is 10.8. The molecule has 0 aliphatic carbocycles. The SMILES string of the molecule is CCc1cc(Sc2nnc(C)n2N)nc(-c2ccncc2)n1. The fourth-order valence-corrected chi connectivity index (χ4v) is 2.68. The van der Waals surface area contributed by atoms with E-state index in [4.69, 9.17) is 5.84 Å². The molecular weight excluding hydrogens is 298 g/mol. The molecule has 0 saturated carbocycles. The van der Waals surface area contributed by atoms with Crippen molar-refractivity contribution < 1.29 is 0 Å². The maximum atomic E-state index is 5.89. The lowest BCUT2D eigenvalue weighted by molar-refractivity contribution is 0.822. The molecule has 0 spiro atoms. The second kappa shape index (κ2) is 6.10. The van der Waals surface area contributed by atoms with Crippen LogP contribution in [0.3, 0.4) is 0 Å². The molecule has 0 aliphatic rings. The molecule has 3 aromatic heterocycles. The highest BCUT2D eigenvalue weighted by molar-refractivity contribution is 7.99. The Morgan fingerprint density at radius 1 is 1.18 bits per heavy atom. The third kappa shape index (κ3) is 2.91. The number of nitrogens with zero attached hydrogens (tertiary/aromatic N) is 6. The Labute approximate surface area is 132 Å². The van der Waals surface area contributed by atoms with Crippen LogP contribution in [0.1, 0.15) is 18.4 Å². The monoisotopic (exact) mass is 313 g/mol. The topological polar surface area (TPSA) is 95.4 Å². The van der Waals surface area contributed by atoms with E-state index in [0.717, 1.165) is 22.7 Å². The van der Waals surface area contributed by atoms with Crippen LogP contribution in [-0.2, 0) is 6.42 Å². The first kappa shape index (κ1) is 14.5. The van der Waals surface area contributed by atoms with Crippen LogP contribution in [0.5, 0.6) is 0 Å². The number of pyridine rings is 1. The highest BCUT2D eigenvalue weighted by Gasteiger charge is 2.12. The lowest BCUT2D eigenvalue weighted by Crippen LogP contribution is -2.11. The van der Waals surface area contributed by atoms with Gasteiger partial charge in [0.1, 0.15) is 10.9 Å². The number of rotatable bonds is 4. The number of hydrogen-bond donors (Lipinski definition) is 1. The Morgan fingerprint density at radius 2 is 1.95 bits per heavy atom. The summed E-state index contributed by atoms with van der Waals surface area (Å²) in [6, 6.07) is 5.72. The molecule has 3 rings (SSSR count). The summed E-state index contributed by atoms with van der Waals surface area (Å²) in [6.45, 7) is 3.86. The Bertz CT molecular complexity index is 785. The van der Waals surface area contributed by atoms with Gasteiger partial charge in [-0.15, -0.1) is 10.2 Å². The van der Waals surface area contributed by atoms with E-state index in [9.17, 15) is 0 Å². The third-order valence-corrected chi connectivity index (χ3v) is 3.97. The van der Waals surface area contributed by atoms with Gasteiger partial charge in [0, 0.05) is 23.7 Å². The molecule has 0 bridgehead atoms. The highest BCUT2D eigenvalue weighted by Crippen LogP contribution is 2.26. The number of aryl methyl sites for hydroxylation is 2. The van der Waals surface area contributed by atoms with E-state index in [1.54, 1.807) is 19.3 Å². The van der Waals surface area contributed by atoms with Crippen LogP contribution < -0.4 is 5.84 Å². The van der Waals surface area contributed by atoms with Crippen LogP contribution in [0.25, 0.3) is 11.4 Å². The third-order valence-electron chi connectivity index (χ3n) is 3.09. The number of aromatic nitrogens is 6. The Balaban J connectivity index is 1.99. The molecule has 8 heteroatoms. The molecule has 0 amide bonds. The summed E-state index contributed by atoms with van der Waals surface area (Å²) in [5, 5.41) is 9.39. The van der Waals surface area contributed by atoms with Crippen LogP contribution in [0.4, 0.5) is 0 Å². The van der Waals surface area contributed by atoms with Crippen molar-refractivity contribution >= 4 is 11.8 Å². The maximum absolute atomic E-state index is 5.89. The van der Waals surface area contributed by atoms with Gasteiger partial charge in [-0.3, -0.25) is 4.98 Å². The molecular formula is C14H15N7S. The van der Waals surface area contributed by atoms with Crippen LogP contribution in [0.2, 0.25) is 0 Å². The largest absolute Gasteiger partial charge is 0.336 e. The molecule has 0 atom stereocenters. The van der Waals surface area contributed by atoms with Gasteiger partial charge in [-0.1, -0.05) is 6.92 Å². The van der Waals surface area contributed by atoms with E-state index in [2.05, 4.69) is 32.1 Å². The summed E-state index contributed by atoms with van der Waals surface area (Å²) in [5.41, 5.74) is 1.89. The maximum Gasteiger partial charge on any atom is 0.216 e. The summed E-state index contributed by atoms with van der Waals surface area (Å²) in [5.74, 6) is 7.21. The fourth-order valence-electron chi connectivity index (χ4n) is 1.85. The molecule has 3 aromatic rings. The summed E-state index contributed by atoms with van der Waals surface area (Å²) in [4.78, 5) is 13.2. The first-order chi connectivity index (χ1) is 10.7. The molecule has 22 heavy (non-hydrogen) atoms. The van der Waals surface area contributed by atoms with Crippen molar-refractivity contribution in [3.05, 3.63) is 42.1 Å². The smallest absolute Gasteiger partial charge is 0.216 e. The van der Waals surface area contributed by atoms with E-state index < -0.39 is 0 Å². The first-order valence-electron chi connectivity index (χ1n) is 6.80. The van der Waals surface area contributed by atoms with Gasteiger partial charge in [0.25, 0.3) is 0 Å². The standard InChI is InChI=1S/C14H15N7S/c1-3-11-8-12(22-14-20-19-9(2)21(14)15)18-13(17-11)10-4-6-16-7-5-10/h4-8H,3,15H2,1-2H3. The quantitative estimate of drug-likeness (QED) is 0.580. The van der Waals surface area contributed by atoms with Gasteiger partial charge >= 0.3 is 0 Å². The summed E-state index contributed by atoms with van der Waals surface area (Å²) >= 11 is 1.37. The van der Waals surface area contributed by atoms with Crippen molar-refractivity contribution in [1.82, 2.24) is 29.8 Å². The van der Waals surface area contributed by atoms with Crippen molar-refractivity contribution in [2.75, 3.05) is 5.84 Å². The fraction of sp³-hybridized carbons (Fsp3) is 0.214. The molecule has 3 heterocycles. The summed E-state index contributed by atoms with van der Waals surface area (Å²) in [7, 11) is 0. The minimum Gasteiger partial charge on any atom is -0.336 e. The van der Waals surface area contributed by atoms with Crippen molar-refractivity contribution in [3.63, 3.8) is 0 Å². The zero-order chi connectivity index (χ0) is 15.5. The van der Waals surface area contributed by atoms with Crippen molar-refractivity contribution in [2.45, 2.75) is 30.5 Å². The van der Waals surface area contributed by atoms with Crippen molar-refractivity contribution in [2.24, 2.45) is 0 Å².